The van der Waals surface area contributed by atoms with Crippen LogP contribution in [0.25, 0.3) is 0 Å². The van der Waals surface area contributed by atoms with Gasteiger partial charge in [-0.3, -0.25) is 4.79 Å². The van der Waals surface area contributed by atoms with E-state index in [-0.39, 0.29) is 0 Å². The molecule has 0 aromatic rings. The molecular formula is C12H22N2O. The average Bonchev–Trinajstić information content (AvgIpc) is 2.25. The van der Waals surface area contributed by atoms with Crippen LogP contribution in [-0.4, -0.2) is 13.5 Å². The van der Waals surface area contributed by atoms with Crippen LogP contribution < -0.4 is 10.6 Å². The number of nitrogens with one attached hydrogen (secondary N) is 2. The van der Waals surface area contributed by atoms with Crippen molar-refractivity contribution in [1.82, 2.24) is 10.6 Å². The molecular weight excluding hydrogens is 188 g/mol. The number of carbonyl (C=O) groups excluding carboxylic acids is 1. The number of likely N-dealkylation sites (N-methyl/N-ethyl adjacent to an activating group) is 1. The highest BCUT2D eigenvalue weighted by Gasteiger charge is 1.97. The molecule has 0 bridgehead atoms. The molecule has 0 atom stereocenters. The Balaban J connectivity index is 0. The normalized spacial score (nSPS) is 9.93. The lowest BCUT2D eigenvalue weighted by Crippen LogP contribution is -2.16. The third-order valence-corrected chi connectivity index (χ3v) is 1.41. The number of allylic oxidation sites excluding steroid dienone is 3. The fraction of sp³-hybridized carbons (Fsp3) is 0.417. The molecule has 0 aliphatic rings. The maximum absolute atomic E-state index is 10.2. The maximum Gasteiger partial charge on any atom is 0.211 e. The van der Waals surface area contributed by atoms with E-state index in [0.29, 0.717) is 12.1 Å². The van der Waals surface area contributed by atoms with Crippen LogP contribution in [0, 0.1) is 0 Å². The maximum atomic E-state index is 10.2. The van der Waals surface area contributed by atoms with Crippen molar-refractivity contribution >= 4 is 6.41 Å². The van der Waals surface area contributed by atoms with E-state index in [1.807, 2.05) is 33.8 Å². The predicted octanol–water partition coefficient (Wildman–Crippen LogP) is 2.34. The highest BCUT2D eigenvalue weighted by atomic mass is 16.1. The van der Waals surface area contributed by atoms with Gasteiger partial charge in [0.2, 0.25) is 6.41 Å². The number of carbonyl (C=O) groups is 1. The molecule has 0 aliphatic carbocycles. The summed E-state index contributed by atoms with van der Waals surface area (Å²) in [5, 5.41) is 5.54. The summed E-state index contributed by atoms with van der Waals surface area (Å²) in [7, 11) is 1.80. The van der Waals surface area contributed by atoms with Crippen molar-refractivity contribution in [2.75, 3.05) is 7.05 Å². The lowest BCUT2D eigenvalue weighted by Gasteiger charge is -2.07. The molecule has 0 spiro atoms. The molecule has 0 unspecified atom stereocenters. The summed E-state index contributed by atoms with van der Waals surface area (Å²) in [5.41, 5.74) is 2.68. The molecule has 3 heteroatoms. The van der Waals surface area contributed by atoms with Gasteiger partial charge in [-0.1, -0.05) is 26.0 Å². The molecule has 15 heavy (non-hydrogen) atoms. The van der Waals surface area contributed by atoms with E-state index < -0.39 is 0 Å². The van der Waals surface area contributed by atoms with Crippen LogP contribution in [0.4, 0.5) is 0 Å². The Kier molecular flexibility index (Phi) is 11.2. The fourth-order valence-corrected chi connectivity index (χ4v) is 0.883. The van der Waals surface area contributed by atoms with Gasteiger partial charge in [-0.25, -0.2) is 0 Å². The Morgan fingerprint density at radius 2 is 1.73 bits per heavy atom. The third-order valence-electron chi connectivity index (χ3n) is 1.41. The van der Waals surface area contributed by atoms with E-state index >= 15 is 0 Å². The monoisotopic (exact) mass is 210 g/mol. The van der Waals surface area contributed by atoms with Crippen LogP contribution in [0.3, 0.4) is 0 Å². The van der Waals surface area contributed by atoms with Crippen molar-refractivity contribution in [1.29, 1.82) is 0 Å². The number of amides is 1. The molecule has 2 N–H and O–H groups in total. The summed E-state index contributed by atoms with van der Waals surface area (Å²) in [5.74, 6) is 0. The summed E-state index contributed by atoms with van der Waals surface area (Å²) in [6.45, 7) is 11.6. The quantitative estimate of drug-likeness (QED) is 0.540. The minimum atomic E-state index is 0.632. The van der Waals surface area contributed by atoms with Crippen LogP contribution >= 0.6 is 0 Å². The van der Waals surface area contributed by atoms with Crippen molar-refractivity contribution < 1.29 is 4.79 Å². The summed E-state index contributed by atoms with van der Waals surface area (Å²) in [6, 6.07) is 0. The molecule has 86 valence electrons. The zero-order valence-electron chi connectivity index (χ0n) is 10.3. The van der Waals surface area contributed by atoms with Crippen molar-refractivity contribution in [3.05, 3.63) is 35.7 Å². The predicted molar refractivity (Wildman–Crippen MR) is 66.3 cm³/mol. The first-order chi connectivity index (χ1) is 7.15. The topological polar surface area (TPSA) is 41.1 Å². The highest BCUT2D eigenvalue weighted by Crippen LogP contribution is 2.03. The van der Waals surface area contributed by atoms with Gasteiger partial charge in [0, 0.05) is 7.05 Å². The Labute approximate surface area is 93.0 Å². The minimum absolute atomic E-state index is 0.632. The molecule has 0 saturated heterocycles. The second-order valence-electron chi connectivity index (χ2n) is 2.77. The minimum Gasteiger partial charge on any atom is -0.386 e. The largest absolute Gasteiger partial charge is 0.386 e. The van der Waals surface area contributed by atoms with Crippen LogP contribution in [0.2, 0.25) is 0 Å². The molecule has 0 aliphatic heterocycles. The Bertz CT molecular complexity index is 248. The molecule has 0 aromatic heterocycles. The SMILES string of the molecule is C=C/C(NC=O)=C(\C=C(C)C)NC.CC. The summed E-state index contributed by atoms with van der Waals surface area (Å²) in [4.78, 5) is 10.2. The van der Waals surface area contributed by atoms with Gasteiger partial charge in [-0.2, -0.15) is 0 Å². The first kappa shape index (κ1) is 15.9. The van der Waals surface area contributed by atoms with Gasteiger partial charge >= 0.3 is 0 Å². The molecule has 0 fully saturated rings. The molecule has 3 nitrogen and oxygen atoms in total. The Morgan fingerprint density at radius 1 is 1.20 bits per heavy atom. The van der Waals surface area contributed by atoms with Gasteiger partial charge < -0.3 is 10.6 Å². The van der Waals surface area contributed by atoms with E-state index in [4.69, 9.17) is 0 Å². The van der Waals surface area contributed by atoms with Gasteiger partial charge in [-0.05, 0) is 26.0 Å². The van der Waals surface area contributed by atoms with Crippen molar-refractivity contribution in [2.45, 2.75) is 27.7 Å². The van der Waals surface area contributed by atoms with Gasteiger partial charge in [0.25, 0.3) is 0 Å². The summed E-state index contributed by atoms with van der Waals surface area (Å²) in [6.07, 6.45) is 4.17. The molecule has 1 amide bonds. The van der Waals surface area contributed by atoms with E-state index in [9.17, 15) is 4.79 Å². The number of hydrogen-bond donors (Lipinski definition) is 2. The van der Waals surface area contributed by atoms with E-state index in [1.165, 1.54) is 0 Å². The summed E-state index contributed by atoms with van der Waals surface area (Å²) >= 11 is 0. The van der Waals surface area contributed by atoms with E-state index in [0.717, 1.165) is 11.3 Å². The molecule has 0 aromatic carbocycles. The highest BCUT2D eigenvalue weighted by molar-refractivity contribution is 5.53. The van der Waals surface area contributed by atoms with Crippen LogP contribution in [0.5, 0.6) is 0 Å². The standard InChI is InChI=1S/C10H16N2O.C2H6/c1-5-9(12-7-13)10(11-4)6-8(2)3;1-2/h5-7,11H,1H2,2-4H3,(H,12,13);1-2H3/b10-9-;. The third kappa shape index (κ3) is 7.55. The van der Waals surface area contributed by atoms with Crippen LogP contribution in [0.1, 0.15) is 27.7 Å². The Hall–Kier alpha value is -1.51. The second-order valence-corrected chi connectivity index (χ2v) is 2.77. The molecule has 0 radical (unpaired) electrons. The first-order valence-corrected chi connectivity index (χ1v) is 5.05. The molecule has 0 heterocycles. The average molecular weight is 210 g/mol. The zero-order valence-corrected chi connectivity index (χ0v) is 10.3. The van der Waals surface area contributed by atoms with Gasteiger partial charge in [0.1, 0.15) is 0 Å². The van der Waals surface area contributed by atoms with E-state index in [1.54, 1.807) is 13.1 Å². The van der Waals surface area contributed by atoms with Crippen molar-refractivity contribution in [3.63, 3.8) is 0 Å². The van der Waals surface area contributed by atoms with Gasteiger partial charge in [0.15, 0.2) is 0 Å². The lowest BCUT2D eigenvalue weighted by molar-refractivity contribution is -0.108. The fourth-order valence-electron chi connectivity index (χ4n) is 0.883. The van der Waals surface area contributed by atoms with Crippen molar-refractivity contribution in [2.24, 2.45) is 0 Å². The van der Waals surface area contributed by atoms with Crippen LogP contribution in [0.15, 0.2) is 35.7 Å². The first-order valence-electron chi connectivity index (χ1n) is 5.05. The number of rotatable bonds is 5. The lowest BCUT2D eigenvalue weighted by atomic mass is 10.2. The smallest absolute Gasteiger partial charge is 0.211 e. The molecule has 0 rings (SSSR count). The second kappa shape index (κ2) is 10.6. The van der Waals surface area contributed by atoms with Crippen molar-refractivity contribution in [3.8, 4) is 0 Å². The van der Waals surface area contributed by atoms with Crippen LogP contribution in [-0.2, 0) is 4.79 Å². The zero-order chi connectivity index (χ0) is 12.3. The number of hydrogen-bond acceptors (Lipinski definition) is 2. The van der Waals surface area contributed by atoms with Gasteiger partial charge in [0.05, 0.1) is 11.4 Å². The van der Waals surface area contributed by atoms with Gasteiger partial charge in [-0.15, -0.1) is 0 Å². The molecule has 0 saturated carbocycles. The summed E-state index contributed by atoms with van der Waals surface area (Å²) < 4.78 is 0. The van der Waals surface area contributed by atoms with E-state index in [2.05, 4.69) is 17.2 Å². The Morgan fingerprint density at radius 3 is 2.00 bits per heavy atom.